The van der Waals surface area contributed by atoms with E-state index in [2.05, 4.69) is 0 Å². The fraction of sp³-hybridized carbons (Fsp3) is 0.333. The number of hydrogen-bond acceptors (Lipinski definition) is 4. The normalized spacial score (nSPS) is 26.1. The number of fused-ring (bicyclic) bond motifs is 2. The average Bonchev–Trinajstić information content (AvgIpc) is 3.06. The van der Waals surface area contributed by atoms with Crippen molar-refractivity contribution >= 4 is 11.6 Å². The second kappa shape index (κ2) is 3.15. The highest BCUT2D eigenvalue weighted by Crippen LogP contribution is 2.39. The van der Waals surface area contributed by atoms with Gasteiger partial charge in [-0.3, -0.25) is 9.59 Å². The third kappa shape index (κ3) is 1.13. The number of hydrogen-bond donors (Lipinski definition) is 0. The maximum atomic E-state index is 11.9. The number of ether oxygens (including phenoxy) is 2. The molecule has 0 amide bonds. The molecule has 1 aliphatic heterocycles. The Balaban J connectivity index is 2.17. The molecule has 1 heterocycles. The number of Topliss-reactive ketones (excluding diaryl/α,β-unsaturated/α-hetero) is 2. The highest BCUT2D eigenvalue weighted by molar-refractivity contribution is 6.21. The Hall–Kier alpha value is -1.68. The van der Waals surface area contributed by atoms with Crippen LogP contribution in [0.4, 0.5) is 0 Å². The molecule has 16 heavy (non-hydrogen) atoms. The molecule has 1 saturated heterocycles. The van der Waals surface area contributed by atoms with Gasteiger partial charge in [0.2, 0.25) is 0 Å². The molecule has 0 N–H and O–H groups in total. The summed E-state index contributed by atoms with van der Waals surface area (Å²) in [4.78, 5) is 23.8. The SMILES string of the molecule is CCOc1cccc2c1C(=O)C1OC1C2=O. The minimum absolute atomic E-state index is 0.110. The topological polar surface area (TPSA) is 55.9 Å². The van der Waals surface area contributed by atoms with Crippen molar-refractivity contribution in [2.45, 2.75) is 19.1 Å². The van der Waals surface area contributed by atoms with Crippen LogP contribution in [-0.2, 0) is 4.74 Å². The van der Waals surface area contributed by atoms with Gasteiger partial charge >= 0.3 is 0 Å². The number of epoxide rings is 1. The van der Waals surface area contributed by atoms with Crippen LogP contribution in [0, 0.1) is 0 Å². The first-order valence-corrected chi connectivity index (χ1v) is 5.23. The fourth-order valence-electron chi connectivity index (χ4n) is 2.07. The summed E-state index contributed by atoms with van der Waals surface area (Å²) < 4.78 is 10.4. The zero-order valence-electron chi connectivity index (χ0n) is 8.73. The highest BCUT2D eigenvalue weighted by atomic mass is 16.6. The number of rotatable bonds is 2. The molecule has 2 atom stereocenters. The molecule has 0 aromatic heterocycles. The molecular formula is C12H10O4. The van der Waals surface area contributed by atoms with Gasteiger partial charge in [-0.15, -0.1) is 0 Å². The lowest BCUT2D eigenvalue weighted by molar-refractivity contribution is 0.0918. The van der Waals surface area contributed by atoms with E-state index in [-0.39, 0.29) is 11.6 Å². The van der Waals surface area contributed by atoms with Crippen LogP contribution < -0.4 is 4.74 Å². The second-order valence-electron chi connectivity index (χ2n) is 3.82. The predicted molar refractivity (Wildman–Crippen MR) is 54.9 cm³/mol. The predicted octanol–water partition coefficient (Wildman–Crippen LogP) is 1.23. The molecule has 1 aliphatic carbocycles. The van der Waals surface area contributed by atoms with E-state index in [1.54, 1.807) is 18.2 Å². The number of benzene rings is 1. The molecule has 82 valence electrons. The molecule has 2 unspecified atom stereocenters. The van der Waals surface area contributed by atoms with Gasteiger partial charge in [0.15, 0.2) is 23.8 Å². The summed E-state index contributed by atoms with van der Waals surface area (Å²) in [6.45, 7) is 2.30. The van der Waals surface area contributed by atoms with E-state index in [9.17, 15) is 9.59 Å². The third-order valence-electron chi connectivity index (χ3n) is 2.85. The summed E-state index contributed by atoms with van der Waals surface area (Å²) >= 11 is 0. The summed E-state index contributed by atoms with van der Waals surface area (Å²) in [6, 6.07) is 5.07. The van der Waals surface area contributed by atoms with E-state index >= 15 is 0 Å². The Morgan fingerprint density at radius 3 is 2.75 bits per heavy atom. The van der Waals surface area contributed by atoms with E-state index in [0.29, 0.717) is 23.5 Å². The first-order chi connectivity index (χ1) is 7.74. The van der Waals surface area contributed by atoms with Gasteiger partial charge in [0.1, 0.15) is 5.75 Å². The van der Waals surface area contributed by atoms with Gasteiger partial charge < -0.3 is 9.47 Å². The average molecular weight is 218 g/mol. The zero-order valence-corrected chi connectivity index (χ0v) is 8.73. The van der Waals surface area contributed by atoms with Gasteiger partial charge in [0.25, 0.3) is 0 Å². The van der Waals surface area contributed by atoms with Gasteiger partial charge in [-0.1, -0.05) is 12.1 Å². The van der Waals surface area contributed by atoms with E-state index in [4.69, 9.17) is 9.47 Å². The fourth-order valence-corrected chi connectivity index (χ4v) is 2.07. The first-order valence-electron chi connectivity index (χ1n) is 5.23. The minimum Gasteiger partial charge on any atom is -0.493 e. The summed E-state index contributed by atoms with van der Waals surface area (Å²) in [5, 5.41) is 0. The van der Waals surface area contributed by atoms with Crippen molar-refractivity contribution < 1.29 is 19.1 Å². The Morgan fingerprint density at radius 2 is 2.00 bits per heavy atom. The maximum Gasteiger partial charge on any atom is 0.199 e. The van der Waals surface area contributed by atoms with Crippen molar-refractivity contribution in [3.05, 3.63) is 29.3 Å². The van der Waals surface area contributed by atoms with Gasteiger partial charge in [0.05, 0.1) is 12.2 Å². The van der Waals surface area contributed by atoms with Crippen molar-refractivity contribution in [1.29, 1.82) is 0 Å². The zero-order chi connectivity index (χ0) is 11.3. The standard InChI is InChI=1S/C12H10O4/c1-2-15-7-5-3-4-6-8(7)10(14)12-11(16-12)9(6)13/h3-5,11-12H,2H2,1H3. The van der Waals surface area contributed by atoms with Crippen LogP contribution in [0.2, 0.25) is 0 Å². The summed E-state index contributed by atoms with van der Waals surface area (Å²) in [5.41, 5.74) is 0.808. The second-order valence-corrected chi connectivity index (χ2v) is 3.82. The molecule has 0 saturated carbocycles. The van der Waals surface area contributed by atoms with Crippen LogP contribution in [0.15, 0.2) is 18.2 Å². The molecule has 4 nitrogen and oxygen atoms in total. The van der Waals surface area contributed by atoms with Crippen LogP contribution in [0.5, 0.6) is 5.75 Å². The van der Waals surface area contributed by atoms with Crippen molar-refractivity contribution in [2.24, 2.45) is 0 Å². The molecule has 0 bridgehead atoms. The van der Waals surface area contributed by atoms with Crippen LogP contribution >= 0.6 is 0 Å². The number of ketones is 2. The Bertz CT molecular complexity index is 492. The monoisotopic (exact) mass is 218 g/mol. The molecule has 1 aromatic carbocycles. The van der Waals surface area contributed by atoms with Gasteiger partial charge in [0, 0.05) is 5.56 Å². The third-order valence-corrected chi connectivity index (χ3v) is 2.85. The van der Waals surface area contributed by atoms with Crippen molar-refractivity contribution in [3.63, 3.8) is 0 Å². The van der Waals surface area contributed by atoms with Crippen LogP contribution in [0.25, 0.3) is 0 Å². The summed E-state index contributed by atoms with van der Waals surface area (Å²) in [7, 11) is 0. The lowest BCUT2D eigenvalue weighted by atomic mass is 9.89. The quantitative estimate of drug-likeness (QED) is 0.700. The van der Waals surface area contributed by atoms with Crippen LogP contribution in [-0.4, -0.2) is 30.4 Å². The molecule has 1 fully saturated rings. The molecule has 0 radical (unpaired) electrons. The molecule has 2 aliphatic rings. The van der Waals surface area contributed by atoms with Crippen molar-refractivity contribution in [1.82, 2.24) is 0 Å². The highest BCUT2D eigenvalue weighted by Gasteiger charge is 2.55. The van der Waals surface area contributed by atoms with Gasteiger partial charge in [-0.25, -0.2) is 0 Å². The Kier molecular flexibility index (Phi) is 1.88. The minimum atomic E-state index is -0.568. The Labute approximate surface area is 92.2 Å². The van der Waals surface area contributed by atoms with Gasteiger partial charge in [-0.05, 0) is 13.0 Å². The summed E-state index contributed by atoms with van der Waals surface area (Å²) in [5.74, 6) is 0.233. The number of carbonyl (C=O) groups excluding carboxylic acids is 2. The first kappa shape index (κ1) is 9.54. The number of carbonyl (C=O) groups is 2. The Morgan fingerprint density at radius 1 is 1.25 bits per heavy atom. The molecular weight excluding hydrogens is 208 g/mol. The smallest absolute Gasteiger partial charge is 0.199 e. The van der Waals surface area contributed by atoms with E-state index in [1.165, 1.54) is 0 Å². The van der Waals surface area contributed by atoms with E-state index in [1.807, 2.05) is 6.92 Å². The van der Waals surface area contributed by atoms with E-state index in [0.717, 1.165) is 0 Å². The molecule has 1 aromatic rings. The van der Waals surface area contributed by atoms with Crippen molar-refractivity contribution in [3.8, 4) is 5.75 Å². The van der Waals surface area contributed by atoms with Gasteiger partial charge in [-0.2, -0.15) is 0 Å². The molecule has 4 heteroatoms. The largest absolute Gasteiger partial charge is 0.493 e. The van der Waals surface area contributed by atoms with Crippen LogP contribution in [0.3, 0.4) is 0 Å². The molecule has 3 rings (SSSR count). The lowest BCUT2D eigenvalue weighted by Gasteiger charge is -2.14. The van der Waals surface area contributed by atoms with E-state index < -0.39 is 12.2 Å². The molecule has 0 spiro atoms. The lowest BCUT2D eigenvalue weighted by Crippen LogP contribution is -2.26. The summed E-state index contributed by atoms with van der Waals surface area (Å²) in [6.07, 6.45) is -1.11. The maximum absolute atomic E-state index is 11.9. The van der Waals surface area contributed by atoms with Crippen molar-refractivity contribution in [2.75, 3.05) is 6.61 Å². The van der Waals surface area contributed by atoms with Crippen LogP contribution in [0.1, 0.15) is 27.6 Å².